The van der Waals surface area contributed by atoms with Crippen molar-refractivity contribution in [2.75, 3.05) is 23.4 Å². The molecule has 1 unspecified atom stereocenters. The van der Waals surface area contributed by atoms with Crippen molar-refractivity contribution in [1.82, 2.24) is 0 Å². The molecule has 30 heavy (non-hydrogen) atoms. The maximum absolute atomic E-state index is 13.4. The highest BCUT2D eigenvalue weighted by atomic mass is 19.4. The van der Waals surface area contributed by atoms with Crippen LogP contribution in [0.5, 0.6) is 5.75 Å². The summed E-state index contributed by atoms with van der Waals surface area (Å²) in [5.41, 5.74) is 2.55. The van der Waals surface area contributed by atoms with Gasteiger partial charge in [-0.05, 0) is 43.2 Å². The zero-order chi connectivity index (χ0) is 22.1. The lowest BCUT2D eigenvalue weighted by atomic mass is 10.1. The van der Waals surface area contributed by atoms with E-state index >= 15 is 0 Å². The third-order valence-electron chi connectivity index (χ3n) is 4.96. The van der Waals surface area contributed by atoms with Crippen LogP contribution in [0, 0.1) is 25.6 Å². The van der Waals surface area contributed by atoms with Crippen molar-refractivity contribution in [2.45, 2.75) is 26.4 Å². The number of ether oxygens (including phenoxy) is 1. The van der Waals surface area contributed by atoms with Crippen molar-refractivity contribution < 1.29 is 31.9 Å². The minimum absolute atomic E-state index is 0.0425. The van der Waals surface area contributed by atoms with Crippen LogP contribution in [0.2, 0.25) is 0 Å². The largest absolute Gasteiger partial charge is 0.482 e. The molecule has 1 aliphatic rings. The number of rotatable bonds is 5. The molecule has 5 nitrogen and oxygen atoms in total. The van der Waals surface area contributed by atoms with Gasteiger partial charge in [-0.15, -0.1) is 0 Å². The standard InChI is InChI=1S/C21H20F4N2O3/c1-12-4-3-5-17(13(12)2)27-10-14(8-19(27)28)20(29)26-16-7-6-15(22)9-18(16)30-11-21(23,24)25/h3-7,9,14H,8,10-11H2,1-2H3,(H,26,29). The normalized spacial score (nSPS) is 16.7. The molecule has 2 aromatic carbocycles. The Balaban J connectivity index is 1.74. The first-order valence-corrected chi connectivity index (χ1v) is 9.21. The molecule has 0 aliphatic carbocycles. The fourth-order valence-electron chi connectivity index (χ4n) is 3.26. The quantitative estimate of drug-likeness (QED) is 0.725. The summed E-state index contributed by atoms with van der Waals surface area (Å²) in [7, 11) is 0. The van der Waals surface area contributed by atoms with E-state index in [1.165, 1.54) is 4.90 Å². The number of hydrogen-bond donors (Lipinski definition) is 1. The number of anilines is 2. The van der Waals surface area contributed by atoms with E-state index in [1.54, 1.807) is 6.07 Å². The number of nitrogens with one attached hydrogen (secondary N) is 1. The summed E-state index contributed by atoms with van der Waals surface area (Å²) in [5.74, 6) is -2.73. The predicted octanol–water partition coefficient (Wildman–Crippen LogP) is 4.38. The molecule has 1 fully saturated rings. The zero-order valence-electron chi connectivity index (χ0n) is 16.3. The van der Waals surface area contributed by atoms with Crippen LogP contribution in [-0.4, -0.2) is 31.1 Å². The lowest BCUT2D eigenvalue weighted by Gasteiger charge is -2.20. The van der Waals surface area contributed by atoms with E-state index in [-0.39, 0.29) is 24.6 Å². The van der Waals surface area contributed by atoms with Crippen molar-refractivity contribution in [3.63, 3.8) is 0 Å². The average Bonchev–Trinajstić information content (AvgIpc) is 3.05. The van der Waals surface area contributed by atoms with Gasteiger partial charge in [-0.2, -0.15) is 13.2 Å². The van der Waals surface area contributed by atoms with Crippen molar-refractivity contribution in [3.05, 3.63) is 53.3 Å². The van der Waals surface area contributed by atoms with Gasteiger partial charge in [0.2, 0.25) is 11.8 Å². The Hall–Kier alpha value is -3.10. The first-order valence-electron chi connectivity index (χ1n) is 9.21. The Morgan fingerprint density at radius 3 is 2.67 bits per heavy atom. The van der Waals surface area contributed by atoms with Crippen LogP contribution in [0.15, 0.2) is 36.4 Å². The molecule has 3 rings (SSSR count). The molecule has 2 amide bonds. The van der Waals surface area contributed by atoms with Gasteiger partial charge >= 0.3 is 6.18 Å². The number of aryl methyl sites for hydroxylation is 1. The lowest BCUT2D eigenvalue weighted by Crippen LogP contribution is -2.29. The molecule has 0 radical (unpaired) electrons. The minimum atomic E-state index is -4.61. The highest BCUT2D eigenvalue weighted by molar-refractivity contribution is 6.04. The summed E-state index contributed by atoms with van der Waals surface area (Å²) in [5, 5.41) is 2.46. The van der Waals surface area contributed by atoms with Crippen LogP contribution in [0.3, 0.4) is 0 Å². The second-order valence-electron chi connectivity index (χ2n) is 7.16. The van der Waals surface area contributed by atoms with E-state index in [0.29, 0.717) is 5.69 Å². The van der Waals surface area contributed by atoms with Gasteiger partial charge in [-0.25, -0.2) is 4.39 Å². The Bertz CT molecular complexity index is 975. The van der Waals surface area contributed by atoms with E-state index in [1.807, 2.05) is 26.0 Å². The molecule has 0 bridgehead atoms. The van der Waals surface area contributed by atoms with Crippen molar-refractivity contribution >= 4 is 23.2 Å². The van der Waals surface area contributed by atoms with Gasteiger partial charge in [-0.3, -0.25) is 9.59 Å². The molecule has 1 aliphatic heterocycles. The number of hydrogen-bond acceptors (Lipinski definition) is 3. The maximum atomic E-state index is 13.4. The first kappa shape index (κ1) is 21.6. The van der Waals surface area contributed by atoms with Crippen LogP contribution in [-0.2, 0) is 9.59 Å². The minimum Gasteiger partial charge on any atom is -0.482 e. The molecule has 2 aromatic rings. The topological polar surface area (TPSA) is 58.6 Å². The van der Waals surface area contributed by atoms with Gasteiger partial charge in [-0.1, -0.05) is 12.1 Å². The van der Waals surface area contributed by atoms with Gasteiger partial charge in [0.1, 0.15) is 11.6 Å². The number of halogens is 4. The smallest absolute Gasteiger partial charge is 0.422 e. The second kappa shape index (κ2) is 8.33. The van der Waals surface area contributed by atoms with Gasteiger partial charge in [0.15, 0.2) is 6.61 Å². The van der Waals surface area contributed by atoms with Crippen molar-refractivity contribution in [1.29, 1.82) is 0 Å². The third-order valence-corrected chi connectivity index (χ3v) is 4.96. The molecular formula is C21H20F4N2O3. The molecule has 1 saturated heterocycles. The summed E-state index contributed by atoms with van der Waals surface area (Å²) >= 11 is 0. The SMILES string of the molecule is Cc1cccc(N2CC(C(=O)Nc3ccc(F)cc3OCC(F)(F)F)CC2=O)c1C. The molecule has 0 saturated carbocycles. The molecule has 9 heteroatoms. The zero-order valence-corrected chi connectivity index (χ0v) is 16.3. The molecular weight excluding hydrogens is 404 g/mol. The molecule has 0 spiro atoms. The van der Waals surface area contributed by atoms with Crippen LogP contribution in [0.25, 0.3) is 0 Å². The summed E-state index contributed by atoms with van der Waals surface area (Å²) < 4.78 is 55.4. The number of nitrogens with zero attached hydrogens (tertiary/aromatic N) is 1. The highest BCUT2D eigenvalue weighted by Gasteiger charge is 2.36. The average molecular weight is 424 g/mol. The summed E-state index contributed by atoms with van der Waals surface area (Å²) in [6.45, 7) is 2.31. The maximum Gasteiger partial charge on any atom is 0.422 e. The lowest BCUT2D eigenvalue weighted by molar-refractivity contribution is -0.153. The van der Waals surface area contributed by atoms with Gasteiger partial charge in [0.25, 0.3) is 0 Å². The van der Waals surface area contributed by atoms with E-state index in [4.69, 9.17) is 0 Å². The number of amides is 2. The van der Waals surface area contributed by atoms with Crippen LogP contribution >= 0.6 is 0 Å². The molecule has 1 heterocycles. The molecule has 160 valence electrons. The highest BCUT2D eigenvalue weighted by Crippen LogP contribution is 2.32. The Labute approximate surface area is 170 Å². The van der Waals surface area contributed by atoms with E-state index in [0.717, 1.165) is 29.3 Å². The monoisotopic (exact) mass is 424 g/mol. The van der Waals surface area contributed by atoms with Gasteiger partial charge in [0, 0.05) is 24.7 Å². The molecule has 0 aromatic heterocycles. The molecule has 1 atom stereocenters. The Morgan fingerprint density at radius 1 is 1.23 bits per heavy atom. The number of alkyl halides is 3. The predicted molar refractivity (Wildman–Crippen MR) is 103 cm³/mol. The second-order valence-corrected chi connectivity index (χ2v) is 7.16. The number of carbonyl (C=O) groups excluding carboxylic acids is 2. The third kappa shape index (κ3) is 4.90. The number of benzene rings is 2. The van der Waals surface area contributed by atoms with E-state index < -0.39 is 36.2 Å². The van der Waals surface area contributed by atoms with Crippen molar-refractivity contribution in [3.8, 4) is 5.75 Å². The Morgan fingerprint density at radius 2 is 1.97 bits per heavy atom. The summed E-state index contributed by atoms with van der Waals surface area (Å²) in [6.07, 6.45) is -4.66. The van der Waals surface area contributed by atoms with Crippen molar-refractivity contribution in [2.24, 2.45) is 5.92 Å². The fourth-order valence-corrected chi connectivity index (χ4v) is 3.26. The van der Waals surface area contributed by atoms with Crippen LogP contribution in [0.1, 0.15) is 17.5 Å². The van der Waals surface area contributed by atoms with Crippen LogP contribution in [0.4, 0.5) is 28.9 Å². The molecule has 1 N–H and O–H groups in total. The Kier molecular flexibility index (Phi) is 6.00. The number of carbonyl (C=O) groups is 2. The first-order chi connectivity index (χ1) is 14.0. The van der Waals surface area contributed by atoms with Crippen LogP contribution < -0.4 is 15.0 Å². The summed E-state index contributed by atoms with van der Waals surface area (Å²) in [6, 6.07) is 8.42. The summed E-state index contributed by atoms with van der Waals surface area (Å²) in [4.78, 5) is 26.7. The van der Waals surface area contributed by atoms with Gasteiger partial charge < -0.3 is 15.0 Å². The van der Waals surface area contributed by atoms with E-state index in [9.17, 15) is 27.2 Å². The van der Waals surface area contributed by atoms with E-state index in [2.05, 4.69) is 10.1 Å². The fraction of sp³-hybridized carbons (Fsp3) is 0.333. The van der Waals surface area contributed by atoms with Gasteiger partial charge in [0.05, 0.1) is 11.6 Å².